The average molecular weight is 259 g/mol. The summed E-state index contributed by atoms with van der Waals surface area (Å²) in [6.07, 6.45) is 3.13. The first-order chi connectivity index (χ1) is 8.68. The number of rotatable bonds is 6. The summed E-state index contributed by atoms with van der Waals surface area (Å²) in [7, 11) is 0. The number of hydrogen-bond acceptors (Lipinski definition) is 2. The van der Waals surface area contributed by atoms with E-state index in [9.17, 15) is 0 Å². The molecule has 96 valence electrons. The van der Waals surface area contributed by atoms with Crippen molar-refractivity contribution in [1.82, 2.24) is 5.32 Å². The normalized spacial score (nSPS) is 14.6. The number of hydrogen-bond donors (Lipinski definition) is 1. The van der Waals surface area contributed by atoms with E-state index in [0.717, 1.165) is 19.5 Å². The Morgan fingerprint density at radius 2 is 2.17 bits per heavy atom. The van der Waals surface area contributed by atoms with Crippen LogP contribution in [0.25, 0.3) is 10.1 Å². The molecule has 1 atom stereocenters. The van der Waals surface area contributed by atoms with Crippen LogP contribution in [0.5, 0.6) is 0 Å². The van der Waals surface area contributed by atoms with Gasteiger partial charge in [-0.3, -0.25) is 0 Å². The minimum atomic E-state index is 0.125. The number of thiophene rings is 1. The van der Waals surface area contributed by atoms with Crippen LogP contribution >= 0.6 is 11.3 Å². The molecule has 2 rings (SSSR count). The summed E-state index contributed by atoms with van der Waals surface area (Å²) in [5.74, 6) is 0. The first kappa shape index (κ1) is 13.3. The van der Waals surface area contributed by atoms with Crippen molar-refractivity contribution in [1.29, 1.82) is 0 Å². The summed E-state index contributed by atoms with van der Waals surface area (Å²) >= 11 is 1.83. The molecule has 2 aromatic rings. The van der Waals surface area contributed by atoms with E-state index >= 15 is 0 Å². The molecular formula is C16H21NS. The smallest absolute Gasteiger partial charge is 0.0345 e. The fourth-order valence-electron chi connectivity index (χ4n) is 2.22. The van der Waals surface area contributed by atoms with E-state index in [4.69, 9.17) is 0 Å². The Morgan fingerprint density at radius 3 is 2.89 bits per heavy atom. The fourth-order valence-corrected chi connectivity index (χ4v) is 3.18. The zero-order valence-corrected chi connectivity index (χ0v) is 12.0. The average Bonchev–Trinajstić information content (AvgIpc) is 2.80. The molecule has 0 bridgehead atoms. The van der Waals surface area contributed by atoms with Crippen molar-refractivity contribution in [3.05, 3.63) is 47.9 Å². The van der Waals surface area contributed by atoms with Crippen LogP contribution in [0.3, 0.4) is 0 Å². The first-order valence-electron chi connectivity index (χ1n) is 6.48. The molecular weight excluding hydrogens is 238 g/mol. The molecule has 0 aliphatic heterocycles. The molecule has 0 amide bonds. The van der Waals surface area contributed by atoms with Gasteiger partial charge in [-0.05, 0) is 35.4 Å². The van der Waals surface area contributed by atoms with Gasteiger partial charge in [0.05, 0.1) is 0 Å². The van der Waals surface area contributed by atoms with E-state index in [1.54, 1.807) is 0 Å². The molecule has 0 radical (unpaired) electrons. The molecule has 0 aliphatic rings. The Balaban J connectivity index is 2.23. The molecule has 1 heterocycles. The topological polar surface area (TPSA) is 12.0 Å². The Morgan fingerprint density at radius 1 is 1.39 bits per heavy atom. The van der Waals surface area contributed by atoms with E-state index in [0.29, 0.717) is 0 Å². The van der Waals surface area contributed by atoms with Crippen molar-refractivity contribution >= 4 is 21.4 Å². The molecule has 0 saturated heterocycles. The van der Waals surface area contributed by atoms with Crippen LogP contribution in [-0.2, 0) is 6.42 Å². The first-order valence-corrected chi connectivity index (χ1v) is 7.36. The lowest BCUT2D eigenvalue weighted by Crippen LogP contribution is -2.31. The van der Waals surface area contributed by atoms with Gasteiger partial charge in [-0.25, -0.2) is 0 Å². The second kappa shape index (κ2) is 5.68. The van der Waals surface area contributed by atoms with Gasteiger partial charge in [0.15, 0.2) is 0 Å². The van der Waals surface area contributed by atoms with E-state index in [2.05, 4.69) is 61.5 Å². The maximum Gasteiger partial charge on any atom is 0.0345 e. The van der Waals surface area contributed by atoms with E-state index in [1.807, 2.05) is 11.3 Å². The summed E-state index contributed by atoms with van der Waals surface area (Å²) in [5.41, 5.74) is 1.57. The van der Waals surface area contributed by atoms with E-state index < -0.39 is 0 Å². The van der Waals surface area contributed by atoms with Crippen LogP contribution in [0, 0.1) is 5.41 Å². The Bertz CT molecular complexity index is 529. The van der Waals surface area contributed by atoms with E-state index in [-0.39, 0.29) is 5.41 Å². The number of nitrogens with one attached hydrogen (secondary N) is 1. The van der Waals surface area contributed by atoms with Crippen molar-refractivity contribution in [3.63, 3.8) is 0 Å². The van der Waals surface area contributed by atoms with Crippen LogP contribution in [-0.4, -0.2) is 13.1 Å². The van der Waals surface area contributed by atoms with Gasteiger partial charge in [0, 0.05) is 16.7 Å². The molecule has 1 nitrogen and oxygen atoms in total. The molecule has 1 aromatic heterocycles. The summed E-state index contributed by atoms with van der Waals surface area (Å²) in [6.45, 7) is 10.4. The van der Waals surface area contributed by atoms with Crippen molar-refractivity contribution < 1.29 is 0 Å². The molecule has 1 N–H and O–H groups in total. The molecule has 0 fully saturated rings. The van der Waals surface area contributed by atoms with Crippen molar-refractivity contribution in [2.24, 2.45) is 5.41 Å². The number of benzene rings is 1. The highest BCUT2D eigenvalue weighted by molar-refractivity contribution is 7.17. The zero-order valence-electron chi connectivity index (χ0n) is 11.2. The van der Waals surface area contributed by atoms with Crippen molar-refractivity contribution in [2.45, 2.75) is 20.3 Å². The minimum absolute atomic E-state index is 0.125. The second-order valence-corrected chi connectivity index (χ2v) is 5.98. The van der Waals surface area contributed by atoms with Crippen LogP contribution in [0.2, 0.25) is 0 Å². The maximum atomic E-state index is 4.01. The Labute approximate surface area is 114 Å². The van der Waals surface area contributed by atoms with Gasteiger partial charge in [-0.15, -0.1) is 17.9 Å². The summed E-state index contributed by atoms with van der Waals surface area (Å²) in [6, 6.07) is 8.64. The standard InChI is InChI=1S/C16H21NS/c1-4-16(3,12-17-5-2)10-13-11-18-15-9-7-6-8-14(13)15/h4,6-9,11,17H,1,5,10,12H2,2-3H3. The molecule has 0 aliphatic carbocycles. The molecule has 0 saturated carbocycles. The summed E-state index contributed by atoms with van der Waals surface area (Å²) in [4.78, 5) is 0. The maximum absolute atomic E-state index is 4.01. The predicted molar refractivity (Wildman–Crippen MR) is 82.4 cm³/mol. The molecule has 18 heavy (non-hydrogen) atoms. The Hall–Kier alpha value is -1.12. The van der Waals surface area contributed by atoms with Gasteiger partial charge in [-0.2, -0.15) is 0 Å². The van der Waals surface area contributed by atoms with Gasteiger partial charge >= 0.3 is 0 Å². The minimum Gasteiger partial charge on any atom is -0.316 e. The highest BCUT2D eigenvalue weighted by atomic mass is 32.1. The fraction of sp³-hybridized carbons (Fsp3) is 0.375. The van der Waals surface area contributed by atoms with Crippen LogP contribution in [0.15, 0.2) is 42.3 Å². The number of fused-ring (bicyclic) bond motifs is 1. The SMILES string of the molecule is C=CC(C)(CNCC)Cc1csc2ccccc12. The third kappa shape index (κ3) is 2.82. The van der Waals surface area contributed by atoms with Crippen LogP contribution in [0.4, 0.5) is 0 Å². The lowest BCUT2D eigenvalue weighted by atomic mass is 9.83. The largest absolute Gasteiger partial charge is 0.316 e. The van der Waals surface area contributed by atoms with Crippen LogP contribution < -0.4 is 5.32 Å². The second-order valence-electron chi connectivity index (χ2n) is 5.07. The van der Waals surface area contributed by atoms with Gasteiger partial charge in [0.1, 0.15) is 0 Å². The van der Waals surface area contributed by atoms with Gasteiger partial charge in [0.25, 0.3) is 0 Å². The van der Waals surface area contributed by atoms with E-state index in [1.165, 1.54) is 15.6 Å². The van der Waals surface area contributed by atoms with Gasteiger partial charge in [0.2, 0.25) is 0 Å². The van der Waals surface area contributed by atoms with Crippen molar-refractivity contribution in [3.8, 4) is 0 Å². The highest BCUT2D eigenvalue weighted by Gasteiger charge is 2.21. The molecule has 1 unspecified atom stereocenters. The monoisotopic (exact) mass is 259 g/mol. The lowest BCUT2D eigenvalue weighted by molar-refractivity contribution is 0.397. The summed E-state index contributed by atoms with van der Waals surface area (Å²) in [5, 5.41) is 7.12. The summed E-state index contributed by atoms with van der Waals surface area (Å²) < 4.78 is 1.38. The van der Waals surface area contributed by atoms with Gasteiger partial charge in [-0.1, -0.05) is 38.1 Å². The van der Waals surface area contributed by atoms with Gasteiger partial charge < -0.3 is 5.32 Å². The van der Waals surface area contributed by atoms with Crippen molar-refractivity contribution in [2.75, 3.05) is 13.1 Å². The molecule has 1 aromatic carbocycles. The highest BCUT2D eigenvalue weighted by Crippen LogP contribution is 2.31. The molecule has 2 heteroatoms. The third-order valence-electron chi connectivity index (χ3n) is 3.43. The zero-order chi connectivity index (χ0) is 13.0. The predicted octanol–water partition coefficient (Wildman–Crippen LogP) is 4.25. The Kier molecular flexibility index (Phi) is 4.20. The molecule has 0 spiro atoms. The quantitative estimate of drug-likeness (QED) is 0.765. The van der Waals surface area contributed by atoms with Crippen LogP contribution in [0.1, 0.15) is 19.4 Å². The third-order valence-corrected chi connectivity index (χ3v) is 4.44. The lowest BCUT2D eigenvalue weighted by Gasteiger charge is -2.26.